The SMILES string of the molecule is Cc1csc2c(N3CCCC(C)(C(=O)O)C3)ncnc12. The average Bonchev–Trinajstić information content (AvgIpc) is 2.81. The van der Waals surface area contributed by atoms with Crippen LogP contribution in [0.5, 0.6) is 0 Å². The molecule has 2 aromatic rings. The van der Waals surface area contributed by atoms with Gasteiger partial charge in [0.25, 0.3) is 0 Å². The fourth-order valence-electron chi connectivity index (χ4n) is 2.78. The minimum absolute atomic E-state index is 0.505. The molecule has 20 heavy (non-hydrogen) atoms. The molecule has 1 fully saturated rings. The molecule has 0 spiro atoms. The monoisotopic (exact) mass is 291 g/mol. The molecule has 3 rings (SSSR count). The first kappa shape index (κ1) is 13.3. The number of carboxylic acids is 1. The number of hydrogen-bond acceptors (Lipinski definition) is 5. The van der Waals surface area contributed by atoms with Crippen LogP contribution in [0.4, 0.5) is 5.82 Å². The number of aliphatic carboxylic acids is 1. The molecule has 2 aromatic heterocycles. The van der Waals surface area contributed by atoms with Crippen LogP contribution in [0.3, 0.4) is 0 Å². The third-order valence-corrected chi connectivity index (χ3v) is 5.11. The zero-order valence-electron chi connectivity index (χ0n) is 11.6. The normalized spacial score (nSPS) is 23.2. The van der Waals surface area contributed by atoms with Crippen molar-refractivity contribution in [2.24, 2.45) is 5.41 Å². The number of anilines is 1. The van der Waals surface area contributed by atoms with Gasteiger partial charge in [-0.3, -0.25) is 4.79 Å². The third-order valence-electron chi connectivity index (χ3n) is 4.02. The van der Waals surface area contributed by atoms with E-state index in [0.29, 0.717) is 6.54 Å². The first-order valence-corrected chi connectivity index (χ1v) is 7.56. The highest BCUT2D eigenvalue weighted by Gasteiger charge is 2.38. The molecule has 1 unspecified atom stereocenters. The van der Waals surface area contributed by atoms with Gasteiger partial charge in [0.05, 0.1) is 15.6 Å². The zero-order valence-corrected chi connectivity index (χ0v) is 12.4. The second-order valence-corrected chi connectivity index (χ2v) is 6.56. The van der Waals surface area contributed by atoms with E-state index in [4.69, 9.17) is 0 Å². The minimum atomic E-state index is -0.727. The number of aryl methyl sites for hydroxylation is 1. The average molecular weight is 291 g/mol. The van der Waals surface area contributed by atoms with E-state index in [0.717, 1.165) is 41.0 Å². The van der Waals surface area contributed by atoms with Gasteiger partial charge in [-0.05, 0) is 37.6 Å². The molecule has 0 aromatic carbocycles. The first-order valence-electron chi connectivity index (χ1n) is 6.68. The maximum Gasteiger partial charge on any atom is 0.311 e. The predicted molar refractivity (Wildman–Crippen MR) is 79.3 cm³/mol. The number of hydrogen-bond donors (Lipinski definition) is 1. The standard InChI is InChI=1S/C14H17N3O2S/c1-9-6-20-11-10(9)15-8-16-12(11)17-5-3-4-14(2,7-17)13(18)19/h6,8H,3-5,7H2,1-2H3,(H,18,19). The minimum Gasteiger partial charge on any atom is -0.481 e. The fourth-order valence-corrected chi connectivity index (χ4v) is 3.80. The summed E-state index contributed by atoms with van der Waals surface area (Å²) < 4.78 is 1.06. The number of piperidine rings is 1. The van der Waals surface area contributed by atoms with Crippen LogP contribution in [0.25, 0.3) is 10.2 Å². The summed E-state index contributed by atoms with van der Waals surface area (Å²) in [5, 5.41) is 11.5. The fraction of sp³-hybridized carbons (Fsp3) is 0.500. The van der Waals surface area contributed by atoms with Crippen molar-refractivity contribution in [2.45, 2.75) is 26.7 Å². The lowest BCUT2D eigenvalue weighted by atomic mass is 9.82. The molecule has 0 amide bonds. The predicted octanol–water partition coefficient (Wildman–Crippen LogP) is 2.69. The van der Waals surface area contributed by atoms with Gasteiger partial charge in [-0.25, -0.2) is 9.97 Å². The maximum absolute atomic E-state index is 11.5. The molecule has 0 aliphatic carbocycles. The topological polar surface area (TPSA) is 66.3 Å². The smallest absolute Gasteiger partial charge is 0.311 e. The van der Waals surface area contributed by atoms with Crippen molar-refractivity contribution in [3.05, 3.63) is 17.3 Å². The van der Waals surface area contributed by atoms with Crippen molar-refractivity contribution in [1.29, 1.82) is 0 Å². The number of carboxylic acid groups (broad SMARTS) is 1. The van der Waals surface area contributed by atoms with Crippen molar-refractivity contribution in [2.75, 3.05) is 18.0 Å². The molecule has 3 heterocycles. The highest BCUT2D eigenvalue weighted by molar-refractivity contribution is 7.18. The van der Waals surface area contributed by atoms with Gasteiger partial charge >= 0.3 is 5.97 Å². The van der Waals surface area contributed by atoms with Gasteiger partial charge in [-0.2, -0.15) is 0 Å². The Morgan fingerprint density at radius 1 is 1.50 bits per heavy atom. The van der Waals surface area contributed by atoms with Gasteiger partial charge in [0.2, 0.25) is 0 Å². The van der Waals surface area contributed by atoms with Crippen molar-refractivity contribution in [3.63, 3.8) is 0 Å². The molecule has 106 valence electrons. The van der Waals surface area contributed by atoms with Crippen LogP contribution >= 0.6 is 11.3 Å². The summed E-state index contributed by atoms with van der Waals surface area (Å²) in [7, 11) is 0. The number of nitrogens with zero attached hydrogens (tertiary/aromatic N) is 3. The maximum atomic E-state index is 11.5. The van der Waals surface area contributed by atoms with E-state index in [1.165, 1.54) is 0 Å². The van der Waals surface area contributed by atoms with Crippen molar-refractivity contribution >= 4 is 33.3 Å². The molecule has 5 nitrogen and oxygen atoms in total. The van der Waals surface area contributed by atoms with E-state index in [1.54, 1.807) is 17.7 Å². The van der Waals surface area contributed by atoms with Crippen molar-refractivity contribution in [3.8, 4) is 0 Å². The van der Waals surface area contributed by atoms with Crippen LogP contribution in [0.2, 0.25) is 0 Å². The van der Waals surface area contributed by atoms with Crippen molar-refractivity contribution < 1.29 is 9.90 Å². The first-order chi connectivity index (χ1) is 9.51. The molecule has 1 atom stereocenters. The van der Waals surface area contributed by atoms with Gasteiger partial charge in [0.15, 0.2) is 0 Å². The lowest BCUT2D eigenvalue weighted by Gasteiger charge is -2.38. The number of carbonyl (C=O) groups is 1. The summed E-state index contributed by atoms with van der Waals surface area (Å²) in [6.07, 6.45) is 3.17. The molecular formula is C14H17N3O2S. The number of aromatic nitrogens is 2. The number of fused-ring (bicyclic) bond motifs is 1. The lowest BCUT2D eigenvalue weighted by Crippen LogP contribution is -2.46. The highest BCUT2D eigenvalue weighted by Crippen LogP contribution is 2.36. The van der Waals surface area contributed by atoms with E-state index in [2.05, 4.69) is 20.2 Å². The molecule has 6 heteroatoms. The molecule has 0 bridgehead atoms. The second-order valence-electron chi connectivity index (χ2n) is 5.68. The molecular weight excluding hydrogens is 274 g/mol. The number of thiophene rings is 1. The summed E-state index contributed by atoms with van der Waals surface area (Å²) in [5.74, 6) is 0.148. The summed E-state index contributed by atoms with van der Waals surface area (Å²) in [5.41, 5.74) is 1.43. The quantitative estimate of drug-likeness (QED) is 0.921. The van der Waals surface area contributed by atoms with Crippen molar-refractivity contribution in [1.82, 2.24) is 9.97 Å². The Bertz CT molecular complexity index is 669. The van der Waals surface area contributed by atoms with E-state index in [1.807, 2.05) is 13.8 Å². The van der Waals surface area contributed by atoms with Crippen LogP contribution in [0.1, 0.15) is 25.3 Å². The highest BCUT2D eigenvalue weighted by atomic mass is 32.1. The molecule has 0 saturated carbocycles. The molecule has 1 aliphatic rings. The zero-order chi connectivity index (χ0) is 14.3. The molecule has 1 N–H and O–H groups in total. The van der Waals surface area contributed by atoms with Gasteiger partial charge in [0.1, 0.15) is 12.1 Å². The van der Waals surface area contributed by atoms with E-state index in [-0.39, 0.29) is 0 Å². The lowest BCUT2D eigenvalue weighted by molar-refractivity contribution is -0.148. The summed E-state index contributed by atoms with van der Waals surface area (Å²) >= 11 is 1.63. The van der Waals surface area contributed by atoms with Gasteiger partial charge in [0, 0.05) is 13.1 Å². The van der Waals surface area contributed by atoms with Crippen LogP contribution in [-0.4, -0.2) is 34.1 Å². The Labute approximate surface area is 121 Å². The second kappa shape index (κ2) is 4.70. The Kier molecular flexibility index (Phi) is 3.12. The molecule has 1 saturated heterocycles. The van der Waals surface area contributed by atoms with Gasteiger partial charge < -0.3 is 10.0 Å². The third kappa shape index (κ3) is 2.04. The van der Waals surface area contributed by atoms with Crippen LogP contribution in [0, 0.1) is 12.3 Å². The largest absolute Gasteiger partial charge is 0.481 e. The van der Waals surface area contributed by atoms with Gasteiger partial charge in [-0.15, -0.1) is 11.3 Å². The van der Waals surface area contributed by atoms with E-state index in [9.17, 15) is 9.90 Å². The molecule has 1 aliphatic heterocycles. The Balaban J connectivity index is 2.01. The summed E-state index contributed by atoms with van der Waals surface area (Å²) in [4.78, 5) is 22.3. The van der Waals surface area contributed by atoms with E-state index < -0.39 is 11.4 Å². The number of rotatable bonds is 2. The van der Waals surface area contributed by atoms with Crippen LogP contribution in [-0.2, 0) is 4.79 Å². The Morgan fingerprint density at radius 2 is 2.30 bits per heavy atom. The van der Waals surface area contributed by atoms with Crippen LogP contribution < -0.4 is 4.90 Å². The Morgan fingerprint density at radius 3 is 3.05 bits per heavy atom. The Hall–Kier alpha value is -1.69. The summed E-state index contributed by atoms with van der Waals surface area (Å²) in [6, 6.07) is 0. The van der Waals surface area contributed by atoms with E-state index >= 15 is 0 Å². The van der Waals surface area contributed by atoms with Crippen LogP contribution in [0.15, 0.2) is 11.7 Å². The van der Waals surface area contributed by atoms with Gasteiger partial charge in [-0.1, -0.05) is 0 Å². The molecule has 0 radical (unpaired) electrons. The summed E-state index contributed by atoms with van der Waals surface area (Å²) in [6.45, 7) is 5.21.